The number of benzene rings is 1. The van der Waals surface area contributed by atoms with Crippen LogP contribution in [0.2, 0.25) is 0 Å². The number of aromatic nitrogens is 3. The lowest BCUT2D eigenvalue weighted by atomic mass is 9.90. The lowest BCUT2D eigenvalue weighted by molar-refractivity contribution is 0.0493. The minimum Gasteiger partial charge on any atom is -0.490 e. The molecule has 1 aliphatic carbocycles. The Bertz CT molecular complexity index is 1080. The summed E-state index contributed by atoms with van der Waals surface area (Å²) >= 11 is 0. The van der Waals surface area contributed by atoms with E-state index in [1.54, 1.807) is 23.0 Å². The van der Waals surface area contributed by atoms with Gasteiger partial charge in [-0.05, 0) is 56.0 Å². The molecule has 6 heteroatoms. The third kappa shape index (κ3) is 3.60. The third-order valence-electron chi connectivity index (χ3n) is 6.52. The van der Waals surface area contributed by atoms with E-state index in [9.17, 15) is 4.79 Å². The number of ether oxygens (including phenoxy) is 1. The van der Waals surface area contributed by atoms with E-state index in [0.29, 0.717) is 17.3 Å². The smallest absolute Gasteiger partial charge is 0.267 e. The molecule has 0 N–H and O–H groups in total. The van der Waals surface area contributed by atoms with E-state index in [2.05, 4.69) is 14.9 Å². The van der Waals surface area contributed by atoms with Crippen LogP contribution in [0.25, 0.3) is 16.6 Å². The van der Waals surface area contributed by atoms with Crippen molar-refractivity contribution in [3.8, 4) is 11.4 Å². The molecule has 0 radical (unpaired) electrons. The van der Waals surface area contributed by atoms with Gasteiger partial charge in [-0.3, -0.25) is 14.3 Å². The summed E-state index contributed by atoms with van der Waals surface area (Å²) < 4.78 is 7.93. The minimum absolute atomic E-state index is 0.0815. The SMILES string of the molecule is CCc1nc2ccncc2c(=O)n1-c1ccc(OC2CCN(C3CCC3)CC2)cc1. The number of nitrogens with zero attached hydrogens (tertiary/aromatic N) is 4. The van der Waals surface area contributed by atoms with Crippen molar-refractivity contribution in [1.29, 1.82) is 0 Å². The molecule has 5 rings (SSSR count). The van der Waals surface area contributed by atoms with Gasteiger partial charge in [-0.1, -0.05) is 13.3 Å². The molecule has 30 heavy (non-hydrogen) atoms. The number of rotatable bonds is 5. The minimum atomic E-state index is -0.0815. The number of hydrogen-bond donors (Lipinski definition) is 0. The summed E-state index contributed by atoms with van der Waals surface area (Å²) in [5.74, 6) is 1.61. The van der Waals surface area contributed by atoms with Gasteiger partial charge in [0.15, 0.2) is 0 Å². The van der Waals surface area contributed by atoms with Gasteiger partial charge in [0.25, 0.3) is 5.56 Å². The fourth-order valence-corrected chi connectivity index (χ4v) is 4.56. The second-order valence-electron chi connectivity index (χ2n) is 8.35. The van der Waals surface area contributed by atoms with E-state index in [1.807, 2.05) is 31.2 Å². The number of aryl methyl sites for hydroxylation is 1. The van der Waals surface area contributed by atoms with Crippen LogP contribution in [0.15, 0.2) is 47.5 Å². The van der Waals surface area contributed by atoms with Crippen LogP contribution in [0.3, 0.4) is 0 Å². The topological polar surface area (TPSA) is 60.3 Å². The predicted octanol–water partition coefficient (Wildman–Crippen LogP) is 3.74. The van der Waals surface area contributed by atoms with E-state index in [0.717, 1.165) is 49.2 Å². The van der Waals surface area contributed by atoms with Gasteiger partial charge in [0, 0.05) is 37.9 Å². The Morgan fingerprint density at radius 2 is 1.83 bits per heavy atom. The van der Waals surface area contributed by atoms with Gasteiger partial charge in [0.2, 0.25) is 0 Å². The summed E-state index contributed by atoms with van der Waals surface area (Å²) in [6.45, 7) is 4.29. The molecule has 1 saturated heterocycles. The van der Waals surface area contributed by atoms with Crippen LogP contribution in [0, 0.1) is 0 Å². The van der Waals surface area contributed by atoms with Crippen LogP contribution in [-0.2, 0) is 6.42 Å². The molecule has 0 bridgehead atoms. The average molecular weight is 405 g/mol. The van der Waals surface area contributed by atoms with Gasteiger partial charge in [-0.25, -0.2) is 4.98 Å². The van der Waals surface area contributed by atoms with Crippen LogP contribution < -0.4 is 10.3 Å². The molecule has 3 aromatic rings. The number of likely N-dealkylation sites (tertiary alicyclic amines) is 1. The highest BCUT2D eigenvalue weighted by molar-refractivity contribution is 5.76. The molecular formula is C24H28N4O2. The Balaban J connectivity index is 1.33. The van der Waals surface area contributed by atoms with Crippen molar-refractivity contribution < 1.29 is 4.74 Å². The van der Waals surface area contributed by atoms with Crippen LogP contribution in [-0.4, -0.2) is 44.7 Å². The quantitative estimate of drug-likeness (QED) is 0.648. The summed E-state index contributed by atoms with van der Waals surface area (Å²) in [5, 5.41) is 0.535. The van der Waals surface area contributed by atoms with E-state index in [1.165, 1.54) is 19.3 Å². The van der Waals surface area contributed by atoms with Crippen LogP contribution in [0.4, 0.5) is 0 Å². The van der Waals surface area contributed by atoms with E-state index < -0.39 is 0 Å². The molecule has 1 aliphatic heterocycles. The normalized spacial score (nSPS) is 18.4. The van der Waals surface area contributed by atoms with Gasteiger partial charge in [-0.15, -0.1) is 0 Å². The van der Waals surface area contributed by atoms with E-state index >= 15 is 0 Å². The predicted molar refractivity (Wildman–Crippen MR) is 117 cm³/mol. The maximum Gasteiger partial charge on any atom is 0.267 e. The Labute approximate surface area is 176 Å². The van der Waals surface area contributed by atoms with Gasteiger partial charge >= 0.3 is 0 Å². The molecule has 156 valence electrons. The second-order valence-corrected chi connectivity index (χ2v) is 8.35. The van der Waals surface area contributed by atoms with Gasteiger partial charge in [0.05, 0.1) is 16.6 Å². The molecule has 6 nitrogen and oxygen atoms in total. The maximum absolute atomic E-state index is 13.1. The molecule has 0 unspecified atom stereocenters. The van der Waals surface area contributed by atoms with Crippen molar-refractivity contribution in [2.24, 2.45) is 0 Å². The first-order valence-electron chi connectivity index (χ1n) is 11.1. The number of hydrogen-bond acceptors (Lipinski definition) is 5. The largest absolute Gasteiger partial charge is 0.490 e. The second kappa shape index (κ2) is 8.19. The maximum atomic E-state index is 13.1. The molecule has 2 aliphatic rings. The fourth-order valence-electron chi connectivity index (χ4n) is 4.56. The summed E-state index contributed by atoms with van der Waals surface area (Å²) in [4.78, 5) is 24.5. The first-order chi connectivity index (χ1) is 14.7. The van der Waals surface area contributed by atoms with Crippen molar-refractivity contribution in [1.82, 2.24) is 19.4 Å². The zero-order valence-electron chi connectivity index (χ0n) is 17.5. The molecule has 1 saturated carbocycles. The summed E-state index contributed by atoms with van der Waals surface area (Å²) in [6, 6.07) is 10.4. The van der Waals surface area contributed by atoms with Crippen molar-refractivity contribution in [3.63, 3.8) is 0 Å². The summed E-state index contributed by atoms with van der Waals surface area (Å²) in [5.41, 5.74) is 1.42. The Morgan fingerprint density at radius 3 is 2.50 bits per heavy atom. The highest BCUT2D eigenvalue weighted by atomic mass is 16.5. The molecule has 2 aromatic heterocycles. The van der Waals surface area contributed by atoms with Crippen molar-refractivity contribution in [3.05, 3.63) is 58.9 Å². The fraction of sp³-hybridized carbons (Fsp3) is 0.458. The van der Waals surface area contributed by atoms with Crippen LogP contribution in [0.1, 0.15) is 44.9 Å². The first kappa shape index (κ1) is 19.2. The number of fused-ring (bicyclic) bond motifs is 1. The summed E-state index contributed by atoms with van der Waals surface area (Å²) in [6.07, 6.45) is 10.5. The molecule has 0 spiro atoms. The van der Waals surface area contributed by atoms with Gasteiger partial charge in [0.1, 0.15) is 17.7 Å². The molecule has 0 atom stereocenters. The molecule has 2 fully saturated rings. The zero-order valence-corrected chi connectivity index (χ0v) is 17.5. The Kier molecular flexibility index (Phi) is 5.25. The number of pyridine rings is 1. The Morgan fingerprint density at radius 1 is 1.07 bits per heavy atom. The molecular weight excluding hydrogens is 376 g/mol. The first-order valence-corrected chi connectivity index (χ1v) is 11.1. The molecule has 3 heterocycles. The van der Waals surface area contributed by atoms with E-state index in [4.69, 9.17) is 4.74 Å². The zero-order chi connectivity index (χ0) is 20.5. The lowest BCUT2D eigenvalue weighted by Gasteiger charge is -2.41. The summed E-state index contributed by atoms with van der Waals surface area (Å²) in [7, 11) is 0. The standard InChI is InChI=1S/C24H28N4O2/c1-2-23-26-22-10-13-25-16-21(22)24(29)28(23)18-6-8-19(9-7-18)30-20-11-14-27(15-12-20)17-4-3-5-17/h6-10,13,16-17,20H,2-5,11-12,14-15H2,1H3. The third-order valence-corrected chi connectivity index (χ3v) is 6.52. The van der Waals surface area contributed by atoms with Crippen molar-refractivity contribution >= 4 is 10.9 Å². The highest BCUT2D eigenvalue weighted by Crippen LogP contribution is 2.28. The van der Waals surface area contributed by atoms with Crippen molar-refractivity contribution in [2.75, 3.05) is 13.1 Å². The lowest BCUT2D eigenvalue weighted by Crippen LogP contribution is -2.46. The van der Waals surface area contributed by atoms with Gasteiger partial charge in [-0.2, -0.15) is 0 Å². The van der Waals surface area contributed by atoms with Gasteiger partial charge < -0.3 is 9.64 Å². The average Bonchev–Trinajstić information content (AvgIpc) is 2.74. The monoisotopic (exact) mass is 404 g/mol. The Hall–Kier alpha value is -2.73. The molecule has 0 amide bonds. The molecule has 1 aromatic carbocycles. The van der Waals surface area contributed by atoms with Crippen LogP contribution in [0.5, 0.6) is 5.75 Å². The van der Waals surface area contributed by atoms with Crippen molar-refractivity contribution in [2.45, 2.75) is 57.6 Å². The van der Waals surface area contributed by atoms with E-state index in [-0.39, 0.29) is 11.7 Å². The number of piperidine rings is 1. The van der Waals surface area contributed by atoms with Crippen LogP contribution >= 0.6 is 0 Å². The highest BCUT2D eigenvalue weighted by Gasteiger charge is 2.29.